The molecule has 0 aliphatic heterocycles. The average Bonchev–Trinajstić information content (AvgIpc) is 2.38. The number of hydrogen-bond donors (Lipinski definition) is 0. The summed E-state index contributed by atoms with van der Waals surface area (Å²) in [7, 11) is 2.67. The maximum Gasteiger partial charge on any atom is 0.356 e. The normalized spacial score (nSPS) is 9.76. The van der Waals surface area contributed by atoms with Crippen LogP contribution in [0.2, 0.25) is 0 Å². The fraction of sp³-hybridized carbons (Fsp3) is 0.364. The molecule has 1 aromatic rings. The van der Waals surface area contributed by atoms with Crippen LogP contribution in [0.5, 0.6) is 0 Å². The van der Waals surface area contributed by atoms with Gasteiger partial charge in [-0.3, -0.25) is 4.79 Å². The number of rotatable bonds is 5. The SMILES string of the molecule is COC(=O)CCSc1ccc(C(=O)OC)nc1. The summed E-state index contributed by atoms with van der Waals surface area (Å²) in [6.45, 7) is 0. The van der Waals surface area contributed by atoms with E-state index in [1.54, 1.807) is 18.3 Å². The van der Waals surface area contributed by atoms with Gasteiger partial charge in [-0.05, 0) is 12.1 Å². The van der Waals surface area contributed by atoms with Crippen molar-refractivity contribution < 1.29 is 19.1 Å². The third kappa shape index (κ3) is 4.44. The first kappa shape index (κ1) is 13.5. The lowest BCUT2D eigenvalue weighted by molar-refractivity contribution is -0.140. The lowest BCUT2D eigenvalue weighted by Crippen LogP contribution is -2.03. The zero-order valence-electron chi connectivity index (χ0n) is 9.63. The maximum atomic E-state index is 11.1. The largest absolute Gasteiger partial charge is 0.469 e. The van der Waals surface area contributed by atoms with E-state index >= 15 is 0 Å². The van der Waals surface area contributed by atoms with Crippen molar-refractivity contribution in [1.82, 2.24) is 4.98 Å². The van der Waals surface area contributed by atoms with Gasteiger partial charge in [0.05, 0.1) is 20.6 Å². The molecular weight excluding hydrogens is 242 g/mol. The van der Waals surface area contributed by atoms with Gasteiger partial charge in [0.15, 0.2) is 0 Å². The van der Waals surface area contributed by atoms with Gasteiger partial charge in [-0.2, -0.15) is 0 Å². The molecule has 6 heteroatoms. The van der Waals surface area contributed by atoms with Crippen molar-refractivity contribution in [2.24, 2.45) is 0 Å². The van der Waals surface area contributed by atoms with E-state index in [0.29, 0.717) is 12.2 Å². The summed E-state index contributed by atoms with van der Waals surface area (Å²) < 4.78 is 9.06. The van der Waals surface area contributed by atoms with Crippen molar-refractivity contribution in [2.45, 2.75) is 11.3 Å². The van der Waals surface area contributed by atoms with E-state index in [1.807, 2.05) is 0 Å². The van der Waals surface area contributed by atoms with Crippen molar-refractivity contribution in [3.8, 4) is 0 Å². The zero-order chi connectivity index (χ0) is 12.7. The molecule has 1 heterocycles. The number of esters is 2. The fourth-order valence-electron chi connectivity index (χ4n) is 1.05. The second-order valence-electron chi connectivity index (χ2n) is 3.05. The van der Waals surface area contributed by atoms with Gasteiger partial charge in [-0.1, -0.05) is 0 Å². The second-order valence-corrected chi connectivity index (χ2v) is 4.21. The van der Waals surface area contributed by atoms with Crippen molar-refractivity contribution in [1.29, 1.82) is 0 Å². The number of hydrogen-bond acceptors (Lipinski definition) is 6. The topological polar surface area (TPSA) is 65.5 Å². The van der Waals surface area contributed by atoms with E-state index < -0.39 is 5.97 Å². The first-order chi connectivity index (χ1) is 8.17. The number of aromatic nitrogens is 1. The van der Waals surface area contributed by atoms with Gasteiger partial charge >= 0.3 is 11.9 Å². The van der Waals surface area contributed by atoms with Gasteiger partial charge < -0.3 is 9.47 Å². The molecule has 0 atom stereocenters. The number of nitrogens with zero attached hydrogens (tertiary/aromatic N) is 1. The van der Waals surface area contributed by atoms with E-state index in [-0.39, 0.29) is 11.7 Å². The Morgan fingerprint density at radius 1 is 1.29 bits per heavy atom. The number of thioether (sulfide) groups is 1. The highest BCUT2D eigenvalue weighted by molar-refractivity contribution is 7.99. The van der Waals surface area contributed by atoms with Gasteiger partial charge in [-0.15, -0.1) is 11.8 Å². The summed E-state index contributed by atoms with van der Waals surface area (Å²) >= 11 is 1.48. The van der Waals surface area contributed by atoms with Crippen molar-refractivity contribution in [3.63, 3.8) is 0 Å². The highest BCUT2D eigenvalue weighted by Crippen LogP contribution is 2.18. The number of methoxy groups -OCH3 is 2. The Kier molecular flexibility index (Phi) is 5.48. The number of carbonyl (C=O) groups excluding carboxylic acids is 2. The summed E-state index contributed by atoms with van der Waals surface area (Å²) in [5.41, 5.74) is 0.268. The standard InChI is InChI=1S/C11H13NO4S/c1-15-10(13)5-6-17-8-3-4-9(12-7-8)11(14)16-2/h3-4,7H,5-6H2,1-2H3. The van der Waals surface area contributed by atoms with Gasteiger partial charge in [0.25, 0.3) is 0 Å². The number of pyridine rings is 1. The summed E-state index contributed by atoms with van der Waals surface area (Å²) in [6, 6.07) is 3.35. The number of ether oxygens (including phenoxy) is 2. The molecule has 17 heavy (non-hydrogen) atoms. The highest BCUT2D eigenvalue weighted by atomic mass is 32.2. The molecule has 1 rings (SSSR count). The third-order valence-corrected chi connectivity index (χ3v) is 2.92. The van der Waals surface area contributed by atoms with Crippen molar-refractivity contribution in [3.05, 3.63) is 24.0 Å². The zero-order valence-corrected chi connectivity index (χ0v) is 10.5. The summed E-state index contributed by atoms with van der Waals surface area (Å²) in [4.78, 5) is 26.8. The van der Waals surface area contributed by atoms with Crippen LogP contribution in [-0.2, 0) is 14.3 Å². The molecule has 0 saturated heterocycles. The van der Waals surface area contributed by atoms with E-state index in [9.17, 15) is 9.59 Å². The highest BCUT2D eigenvalue weighted by Gasteiger charge is 2.06. The molecule has 0 N–H and O–H groups in total. The smallest absolute Gasteiger partial charge is 0.356 e. The quantitative estimate of drug-likeness (QED) is 0.587. The molecule has 0 aromatic carbocycles. The van der Waals surface area contributed by atoms with E-state index in [2.05, 4.69) is 14.5 Å². The first-order valence-electron chi connectivity index (χ1n) is 4.91. The van der Waals surface area contributed by atoms with Gasteiger partial charge in [0.1, 0.15) is 5.69 Å². The molecule has 5 nitrogen and oxygen atoms in total. The molecule has 1 aromatic heterocycles. The maximum absolute atomic E-state index is 11.1. The van der Waals surface area contributed by atoms with Crippen molar-refractivity contribution >= 4 is 23.7 Å². The molecule has 0 aliphatic rings. The Bertz CT molecular complexity index is 391. The summed E-state index contributed by atoms with van der Waals surface area (Å²) in [6.07, 6.45) is 1.92. The molecule has 0 spiro atoms. The summed E-state index contributed by atoms with van der Waals surface area (Å²) in [5.74, 6) is -0.0842. The van der Waals surface area contributed by atoms with Crippen LogP contribution in [-0.4, -0.2) is 36.9 Å². The van der Waals surface area contributed by atoms with E-state index in [0.717, 1.165) is 4.90 Å². The third-order valence-electron chi connectivity index (χ3n) is 1.93. The van der Waals surface area contributed by atoms with Crippen LogP contribution in [0.25, 0.3) is 0 Å². The predicted octanol–water partition coefficient (Wildman–Crippen LogP) is 1.52. The van der Waals surface area contributed by atoms with Crippen LogP contribution in [0.1, 0.15) is 16.9 Å². The molecular formula is C11H13NO4S. The van der Waals surface area contributed by atoms with Crippen LogP contribution in [0, 0.1) is 0 Å². The lowest BCUT2D eigenvalue weighted by atomic mass is 10.3. The minimum absolute atomic E-state index is 0.239. The molecule has 0 aliphatic carbocycles. The van der Waals surface area contributed by atoms with Gasteiger partial charge in [-0.25, -0.2) is 9.78 Å². The van der Waals surface area contributed by atoms with E-state index in [4.69, 9.17) is 0 Å². The molecule has 0 fully saturated rings. The minimum Gasteiger partial charge on any atom is -0.469 e. The van der Waals surface area contributed by atoms with Crippen LogP contribution in [0.15, 0.2) is 23.2 Å². The Labute approximate surface area is 104 Å². The van der Waals surface area contributed by atoms with Gasteiger partial charge in [0, 0.05) is 16.8 Å². The molecule has 0 bridgehead atoms. The van der Waals surface area contributed by atoms with Crippen LogP contribution >= 0.6 is 11.8 Å². The Morgan fingerprint density at radius 2 is 2.06 bits per heavy atom. The van der Waals surface area contributed by atoms with Crippen LogP contribution < -0.4 is 0 Å². The monoisotopic (exact) mass is 255 g/mol. The lowest BCUT2D eigenvalue weighted by Gasteiger charge is -2.02. The van der Waals surface area contributed by atoms with Crippen LogP contribution in [0.3, 0.4) is 0 Å². The molecule has 0 radical (unpaired) electrons. The molecule has 92 valence electrons. The molecule has 0 unspecified atom stereocenters. The van der Waals surface area contributed by atoms with Crippen LogP contribution in [0.4, 0.5) is 0 Å². The Morgan fingerprint density at radius 3 is 2.59 bits per heavy atom. The first-order valence-corrected chi connectivity index (χ1v) is 5.90. The fourth-order valence-corrected chi connectivity index (χ4v) is 1.84. The second kappa shape index (κ2) is 6.90. The Balaban J connectivity index is 2.46. The number of carbonyl (C=O) groups is 2. The summed E-state index contributed by atoms with van der Waals surface area (Å²) in [5, 5.41) is 0. The molecule has 0 saturated carbocycles. The Hall–Kier alpha value is -1.56. The molecule has 0 amide bonds. The minimum atomic E-state index is -0.462. The van der Waals surface area contributed by atoms with E-state index in [1.165, 1.54) is 26.0 Å². The van der Waals surface area contributed by atoms with Crippen molar-refractivity contribution in [2.75, 3.05) is 20.0 Å². The predicted molar refractivity (Wildman–Crippen MR) is 62.9 cm³/mol. The van der Waals surface area contributed by atoms with Gasteiger partial charge in [0.2, 0.25) is 0 Å². The average molecular weight is 255 g/mol.